The number of hydrogen-bond donors (Lipinski definition) is 1. The maximum Gasteiger partial charge on any atom is 0.257 e. The highest BCUT2D eigenvalue weighted by Gasteiger charge is 2.26. The molecule has 0 radical (unpaired) electrons. The third-order valence-electron chi connectivity index (χ3n) is 4.39. The molecule has 0 saturated carbocycles. The van der Waals surface area contributed by atoms with Crippen LogP contribution < -0.4 is 10.1 Å². The van der Waals surface area contributed by atoms with Crippen molar-refractivity contribution in [1.29, 1.82) is 0 Å². The summed E-state index contributed by atoms with van der Waals surface area (Å²) in [6.45, 7) is 2.02. The molecule has 132 valence electrons. The highest BCUT2D eigenvalue weighted by atomic mass is 19.1. The first-order valence-corrected chi connectivity index (χ1v) is 8.37. The van der Waals surface area contributed by atoms with Crippen molar-refractivity contribution in [2.75, 3.05) is 6.54 Å². The Morgan fingerprint density at radius 1 is 1.27 bits per heavy atom. The van der Waals surface area contributed by atoms with Crippen LogP contribution in [0, 0.1) is 12.7 Å². The highest BCUT2D eigenvalue weighted by Crippen LogP contribution is 2.29. The maximum absolute atomic E-state index is 13.3. The van der Waals surface area contributed by atoms with Gasteiger partial charge < -0.3 is 14.6 Å². The molecule has 1 atom stereocenters. The second kappa shape index (κ2) is 6.63. The van der Waals surface area contributed by atoms with Gasteiger partial charge in [0.15, 0.2) is 0 Å². The molecular formula is C20H17FN2O3. The number of aromatic nitrogens is 1. The predicted molar refractivity (Wildman–Crippen MR) is 93.5 cm³/mol. The van der Waals surface area contributed by atoms with Crippen molar-refractivity contribution < 1.29 is 18.4 Å². The van der Waals surface area contributed by atoms with Crippen LogP contribution >= 0.6 is 0 Å². The molecule has 0 unspecified atom stereocenters. The Balaban J connectivity index is 1.46. The van der Waals surface area contributed by atoms with E-state index in [1.807, 2.05) is 30.3 Å². The highest BCUT2D eigenvalue weighted by molar-refractivity contribution is 6.00. The van der Waals surface area contributed by atoms with Crippen LogP contribution in [0.4, 0.5) is 4.39 Å². The molecule has 1 aromatic heterocycles. The molecular weight excluding hydrogens is 335 g/mol. The van der Waals surface area contributed by atoms with Gasteiger partial charge in [-0.1, -0.05) is 35.5 Å². The zero-order valence-electron chi connectivity index (χ0n) is 14.2. The average Bonchev–Trinajstić information content (AvgIpc) is 3.23. The number of ether oxygens (including phenoxy) is 1. The SMILES string of the molecule is Cc1onc(-c2ccccc2)c1C(=O)NC[C@H]1Cc2cc(F)ccc2O1. The summed E-state index contributed by atoms with van der Waals surface area (Å²) in [5.74, 6) is 0.564. The monoisotopic (exact) mass is 352 g/mol. The number of fused-ring (bicyclic) bond motifs is 1. The van der Waals surface area contributed by atoms with E-state index in [-0.39, 0.29) is 17.8 Å². The Kier molecular flexibility index (Phi) is 4.16. The van der Waals surface area contributed by atoms with Gasteiger partial charge in [0, 0.05) is 17.5 Å². The summed E-state index contributed by atoms with van der Waals surface area (Å²) in [5.41, 5.74) is 2.56. The largest absolute Gasteiger partial charge is 0.488 e. The van der Waals surface area contributed by atoms with E-state index in [2.05, 4.69) is 10.5 Å². The van der Waals surface area contributed by atoms with Crippen LogP contribution in [-0.2, 0) is 6.42 Å². The second-order valence-corrected chi connectivity index (χ2v) is 6.23. The molecule has 1 aliphatic heterocycles. The van der Waals surface area contributed by atoms with E-state index in [0.717, 1.165) is 11.1 Å². The fourth-order valence-electron chi connectivity index (χ4n) is 3.13. The van der Waals surface area contributed by atoms with E-state index in [1.165, 1.54) is 12.1 Å². The van der Waals surface area contributed by atoms with Gasteiger partial charge in [-0.3, -0.25) is 4.79 Å². The summed E-state index contributed by atoms with van der Waals surface area (Å²) in [6.07, 6.45) is 0.331. The zero-order chi connectivity index (χ0) is 18.1. The summed E-state index contributed by atoms with van der Waals surface area (Å²) in [6, 6.07) is 13.9. The Morgan fingerprint density at radius 2 is 2.08 bits per heavy atom. The van der Waals surface area contributed by atoms with Gasteiger partial charge in [-0.15, -0.1) is 0 Å². The van der Waals surface area contributed by atoms with Crippen molar-refractivity contribution in [1.82, 2.24) is 10.5 Å². The van der Waals surface area contributed by atoms with Crippen molar-refractivity contribution >= 4 is 5.91 Å². The number of nitrogens with zero attached hydrogens (tertiary/aromatic N) is 1. The van der Waals surface area contributed by atoms with Crippen molar-refractivity contribution in [2.24, 2.45) is 0 Å². The van der Waals surface area contributed by atoms with Gasteiger partial charge in [0.05, 0.1) is 6.54 Å². The number of nitrogens with one attached hydrogen (secondary N) is 1. The standard InChI is InChI=1S/C20H17FN2O3/c1-12-18(19(23-26-12)13-5-3-2-4-6-13)20(24)22-11-16-10-14-9-15(21)7-8-17(14)25-16/h2-9,16H,10-11H2,1H3,(H,22,24)/t16-/m1/s1. The van der Waals surface area contributed by atoms with Crippen LogP contribution in [0.15, 0.2) is 53.1 Å². The second-order valence-electron chi connectivity index (χ2n) is 6.23. The summed E-state index contributed by atoms with van der Waals surface area (Å²) in [7, 11) is 0. The van der Waals surface area contributed by atoms with E-state index in [0.29, 0.717) is 35.7 Å². The fraction of sp³-hybridized carbons (Fsp3) is 0.200. The van der Waals surface area contributed by atoms with E-state index in [1.54, 1.807) is 13.0 Å². The third-order valence-corrected chi connectivity index (χ3v) is 4.39. The first kappa shape index (κ1) is 16.3. The zero-order valence-corrected chi connectivity index (χ0v) is 14.2. The van der Waals surface area contributed by atoms with Crippen LogP contribution in [0.1, 0.15) is 21.7 Å². The van der Waals surface area contributed by atoms with E-state index in [4.69, 9.17) is 9.26 Å². The Labute approximate surface area is 149 Å². The normalized spacial score (nSPS) is 15.4. The van der Waals surface area contributed by atoms with Gasteiger partial charge >= 0.3 is 0 Å². The first-order chi connectivity index (χ1) is 12.6. The molecule has 3 aromatic rings. The Morgan fingerprint density at radius 3 is 2.88 bits per heavy atom. The lowest BCUT2D eigenvalue weighted by Gasteiger charge is -2.12. The van der Waals surface area contributed by atoms with Gasteiger partial charge in [-0.05, 0) is 25.1 Å². The van der Waals surface area contributed by atoms with Crippen LogP contribution in [0.2, 0.25) is 0 Å². The van der Waals surface area contributed by atoms with Crippen LogP contribution in [0.3, 0.4) is 0 Å². The minimum Gasteiger partial charge on any atom is -0.488 e. The molecule has 1 N–H and O–H groups in total. The predicted octanol–water partition coefficient (Wildman–Crippen LogP) is 3.52. The van der Waals surface area contributed by atoms with Crippen LogP contribution in [0.5, 0.6) is 5.75 Å². The van der Waals surface area contributed by atoms with Crippen molar-refractivity contribution in [3.63, 3.8) is 0 Å². The number of carbonyl (C=O) groups excluding carboxylic acids is 1. The molecule has 1 amide bonds. The summed E-state index contributed by atoms with van der Waals surface area (Å²) < 4.78 is 24.3. The fourth-order valence-corrected chi connectivity index (χ4v) is 3.13. The number of halogens is 1. The molecule has 2 heterocycles. The van der Waals surface area contributed by atoms with E-state index in [9.17, 15) is 9.18 Å². The van der Waals surface area contributed by atoms with Gasteiger partial charge in [0.25, 0.3) is 5.91 Å². The molecule has 5 nitrogen and oxygen atoms in total. The molecule has 0 aliphatic carbocycles. The number of amides is 1. The summed E-state index contributed by atoms with van der Waals surface area (Å²) >= 11 is 0. The molecule has 26 heavy (non-hydrogen) atoms. The van der Waals surface area contributed by atoms with Crippen LogP contribution in [-0.4, -0.2) is 23.7 Å². The molecule has 0 saturated heterocycles. The van der Waals surface area contributed by atoms with Crippen molar-refractivity contribution in [3.05, 3.63) is 71.2 Å². The molecule has 4 rings (SSSR count). The van der Waals surface area contributed by atoms with Gasteiger partial charge in [-0.2, -0.15) is 0 Å². The summed E-state index contributed by atoms with van der Waals surface area (Å²) in [5, 5.41) is 6.89. The van der Waals surface area contributed by atoms with Gasteiger partial charge in [0.2, 0.25) is 0 Å². The lowest BCUT2D eigenvalue weighted by atomic mass is 10.1. The van der Waals surface area contributed by atoms with Crippen molar-refractivity contribution in [2.45, 2.75) is 19.4 Å². The molecule has 1 aliphatic rings. The maximum atomic E-state index is 13.3. The van der Waals surface area contributed by atoms with Crippen molar-refractivity contribution in [3.8, 4) is 17.0 Å². The number of aryl methyl sites for hydroxylation is 1. The smallest absolute Gasteiger partial charge is 0.257 e. The molecule has 6 heteroatoms. The molecule has 2 aromatic carbocycles. The third kappa shape index (κ3) is 3.06. The lowest BCUT2D eigenvalue weighted by molar-refractivity contribution is 0.0932. The molecule has 0 spiro atoms. The minimum absolute atomic E-state index is 0.226. The van der Waals surface area contributed by atoms with E-state index < -0.39 is 0 Å². The van der Waals surface area contributed by atoms with E-state index >= 15 is 0 Å². The molecule has 0 fully saturated rings. The quantitative estimate of drug-likeness (QED) is 0.780. The lowest BCUT2D eigenvalue weighted by Crippen LogP contribution is -2.34. The number of hydrogen-bond acceptors (Lipinski definition) is 4. The molecule has 0 bridgehead atoms. The van der Waals surface area contributed by atoms with Gasteiger partial charge in [0.1, 0.15) is 34.7 Å². The number of carbonyl (C=O) groups is 1. The average molecular weight is 352 g/mol. The summed E-state index contributed by atoms with van der Waals surface area (Å²) in [4.78, 5) is 12.7. The van der Waals surface area contributed by atoms with Gasteiger partial charge in [-0.25, -0.2) is 4.39 Å². The number of benzene rings is 2. The minimum atomic E-state index is -0.287. The Hall–Kier alpha value is -3.15. The Bertz CT molecular complexity index is 953. The topological polar surface area (TPSA) is 64.4 Å². The first-order valence-electron chi connectivity index (χ1n) is 8.37. The number of rotatable bonds is 4. The van der Waals surface area contributed by atoms with Crippen LogP contribution in [0.25, 0.3) is 11.3 Å².